The SMILES string of the molecule is N[C@@H]1CCN(Cc2cccc([N+](=O)[O-])c2Br)C1. The van der Waals surface area contributed by atoms with E-state index in [1.807, 2.05) is 6.07 Å². The summed E-state index contributed by atoms with van der Waals surface area (Å²) in [5.74, 6) is 0. The van der Waals surface area contributed by atoms with Crippen LogP contribution in [0.15, 0.2) is 22.7 Å². The van der Waals surface area contributed by atoms with Crippen LogP contribution in [0.25, 0.3) is 0 Å². The molecule has 0 aliphatic carbocycles. The molecule has 92 valence electrons. The first-order valence-electron chi connectivity index (χ1n) is 5.47. The molecule has 0 spiro atoms. The second-order valence-electron chi connectivity index (χ2n) is 4.29. The maximum atomic E-state index is 10.8. The molecular weight excluding hydrogens is 286 g/mol. The molecule has 1 aliphatic rings. The lowest BCUT2D eigenvalue weighted by Gasteiger charge is -2.15. The van der Waals surface area contributed by atoms with Gasteiger partial charge in [0.2, 0.25) is 0 Å². The van der Waals surface area contributed by atoms with E-state index < -0.39 is 0 Å². The lowest BCUT2D eigenvalue weighted by Crippen LogP contribution is -2.26. The van der Waals surface area contributed by atoms with Crippen molar-refractivity contribution in [3.8, 4) is 0 Å². The van der Waals surface area contributed by atoms with Crippen molar-refractivity contribution in [3.63, 3.8) is 0 Å². The summed E-state index contributed by atoms with van der Waals surface area (Å²) in [5.41, 5.74) is 6.89. The number of hydrogen-bond acceptors (Lipinski definition) is 4. The van der Waals surface area contributed by atoms with Crippen LogP contribution in [0.2, 0.25) is 0 Å². The lowest BCUT2D eigenvalue weighted by molar-refractivity contribution is -0.385. The molecule has 0 radical (unpaired) electrons. The molecule has 5 nitrogen and oxygen atoms in total. The van der Waals surface area contributed by atoms with Crippen molar-refractivity contribution in [1.82, 2.24) is 4.90 Å². The summed E-state index contributed by atoms with van der Waals surface area (Å²) in [5, 5.41) is 10.8. The highest BCUT2D eigenvalue weighted by atomic mass is 79.9. The molecule has 0 bridgehead atoms. The largest absolute Gasteiger partial charge is 0.326 e. The van der Waals surface area contributed by atoms with Gasteiger partial charge in [-0.05, 0) is 27.9 Å². The fourth-order valence-electron chi connectivity index (χ4n) is 2.08. The maximum Gasteiger partial charge on any atom is 0.283 e. The molecule has 0 amide bonds. The number of hydrogen-bond donors (Lipinski definition) is 1. The average Bonchev–Trinajstić information content (AvgIpc) is 2.67. The van der Waals surface area contributed by atoms with E-state index in [0.29, 0.717) is 11.0 Å². The minimum Gasteiger partial charge on any atom is -0.326 e. The Morgan fingerprint density at radius 1 is 1.59 bits per heavy atom. The van der Waals surface area contributed by atoms with Crippen LogP contribution < -0.4 is 5.73 Å². The van der Waals surface area contributed by atoms with Gasteiger partial charge in [-0.25, -0.2) is 0 Å². The zero-order chi connectivity index (χ0) is 12.4. The van der Waals surface area contributed by atoms with Crippen LogP contribution in [-0.2, 0) is 6.54 Å². The molecule has 1 fully saturated rings. The van der Waals surface area contributed by atoms with Crippen LogP contribution in [0.5, 0.6) is 0 Å². The molecule has 1 aliphatic heterocycles. The van der Waals surface area contributed by atoms with Crippen molar-refractivity contribution < 1.29 is 4.92 Å². The van der Waals surface area contributed by atoms with Gasteiger partial charge >= 0.3 is 0 Å². The number of halogens is 1. The Hall–Kier alpha value is -0.980. The van der Waals surface area contributed by atoms with Gasteiger partial charge in [0.05, 0.1) is 9.40 Å². The van der Waals surface area contributed by atoms with Crippen molar-refractivity contribution in [1.29, 1.82) is 0 Å². The van der Waals surface area contributed by atoms with Crippen molar-refractivity contribution in [2.45, 2.75) is 19.0 Å². The van der Waals surface area contributed by atoms with Gasteiger partial charge in [0.1, 0.15) is 0 Å². The molecule has 1 heterocycles. The molecule has 0 saturated carbocycles. The highest BCUT2D eigenvalue weighted by Gasteiger charge is 2.21. The number of nitrogens with two attached hydrogens (primary N) is 1. The minimum atomic E-state index is -0.372. The van der Waals surface area contributed by atoms with Gasteiger partial charge < -0.3 is 5.73 Å². The molecule has 0 unspecified atom stereocenters. The number of nitrogens with zero attached hydrogens (tertiary/aromatic N) is 2. The molecule has 1 aromatic carbocycles. The summed E-state index contributed by atoms with van der Waals surface area (Å²) in [7, 11) is 0. The topological polar surface area (TPSA) is 72.4 Å². The smallest absolute Gasteiger partial charge is 0.283 e. The first-order valence-corrected chi connectivity index (χ1v) is 6.27. The highest BCUT2D eigenvalue weighted by molar-refractivity contribution is 9.10. The zero-order valence-corrected chi connectivity index (χ0v) is 10.9. The van der Waals surface area contributed by atoms with Crippen LogP contribution in [-0.4, -0.2) is 29.0 Å². The monoisotopic (exact) mass is 299 g/mol. The Kier molecular flexibility index (Phi) is 3.76. The molecule has 1 atom stereocenters. The predicted molar refractivity (Wildman–Crippen MR) is 68.7 cm³/mol. The third kappa shape index (κ3) is 2.83. The number of nitro groups is 1. The zero-order valence-electron chi connectivity index (χ0n) is 9.30. The number of likely N-dealkylation sites (tertiary alicyclic amines) is 1. The second-order valence-corrected chi connectivity index (χ2v) is 5.08. The van der Waals surface area contributed by atoms with Gasteiger partial charge in [0, 0.05) is 31.7 Å². The molecule has 0 aromatic heterocycles. The van der Waals surface area contributed by atoms with Crippen molar-refractivity contribution in [2.24, 2.45) is 5.73 Å². The van der Waals surface area contributed by atoms with Crippen LogP contribution in [0.1, 0.15) is 12.0 Å². The maximum absolute atomic E-state index is 10.8. The van der Waals surface area contributed by atoms with E-state index in [4.69, 9.17) is 5.73 Å². The summed E-state index contributed by atoms with van der Waals surface area (Å²) in [6.07, 6.45) is 0.993. The molecule has 17 heavy (non-hydrogen) atoms. The Balaban J connectivity index is 2.16. The van der Waals surface area contributed by atoms with Crippen LogP contribution in [0.4, 0.5) is 5.69 Å². The standard InChI is InChI=1S/C11H14BrN3O2/c12-11-8(2-1-3-10(11)15(16)17)6-14-5-4-9(13)7-14/h1-3,9H,4-7,13H2/t9-/m1/s1. The highest BCUT2D eigenvalue weighted by Crippen LogP contribution is 2.29. The summed E-state index contributed by atoms with van der Waals surface area (Å²) >= 11 is 3.30. The third-order valence-corrected chi connectivity index (χ3v) is 3.87. The van der Waals surface area contributed by atoms with E-state index in [1.165, 1.54) is 6.07 Å². The first kappa shape index (κ1) is 12.5. The molecule has 1 saturated heterocycles. The summed E-state index contributed by atoms with van der Waals surface area (Å²) in [6.45, 7) is 2.52. The average molecular weight is 300 g/mol. The molecular formula is C11H14BrN3O2. The van der Waals surface area contributed by atoms with Gasteiger partial charge in [-0.1, -0.05) is 12.1 Å². The van der Waals surface area contributed by atoms with Gasteiger partial charge in [0.25, 0.3) is 5.69 Å². The Morgan fingerprint density at radius 2 is 2.35 bits per heavy atom. The fourth-order valence-corrected chi connectivity index (χ4v) is 2.61. The normalized spacial score (nSPS) is 20.7. The van der Waals surface area contributed by atoms with E-state index in [9.17, 15) is 10.1 Å². The van der Waals surface area contributed by atoms with Crippen LogP contribution >= 0.6 is 15.9 Å². The van der Waals surface area contributed by atoms with E-state index in [-0.39, 0.29) is 16.7 Å². The van der Waals surface area contributed by atoms with Gasteiger partial charge in [0.15, 0.2) is 0 Å². The third-order valence-electron chi connectivity index (χ3n) is 2.96. The molecule has 1 aromatic rings. The Labute approximate surface area is 108 Å². The second kappa shape index (κ2) is 5.12. The first-order chi connectivity index (χ1) is 8.08. The van der Waals surface area contributed by atoms with Crippen molar-refractivity contribution >= 4 is 21.6 Å². The fraction of sp³-hybridized carbons (Fsp3) is 0.455. The van der Waals surface area contributed by atoms with Crippen molar-refractivity contribution in [2.75, 3.05) is 13.1 Å². The number of nitro benzene ring substituents is 1. The number of rotatable bonds is 3. The summed E-state index contributed by atoms with van der Waals surface area (Å²) in [6, 6.07) is 5.35. The van der Waals surface area contributed by atoms with Crippen LogP contribution in [0.3, 0.4) is 0 Å². The number of benzene rings is 1. The van der Waals surface area contributed by atoms with E-state index in [2.05, 4.69) is 20.8 Å². The van der Waals surface area contributed by atoms with Gasteiger partial charge in [-0.3, -0.25) is 15.0 Å². The molecule has 2 N–H and O–H groups in total. The van der Waals surface area contributed by atoms with E-state index in [1.54, 1.807) is 6.07 Å². The molecule has 2 rings (SSSR count). The Morgan fingerprint density at radius 3 is 2.94 bits per heavy atom. The summed E-state index contributed by atoms with van der Waals surface area (Å²) in [4.78, 5) is 12.7. The van der Waals surface area contributed by atoms with Crippen LogP contribution in [0, 0.1) is 10.1 Å². The predicted octanol–water partition coefficient (Wildman–Crippen LogP) is 1.89. The van der Waals surface area contributed by atoms with Gasteiger partial charge in [-0.15, -0.1) is 0 Å². The van der Waals surface area contributed by atoms with Crippen molar-refractivity contribution in [3.05, 3.63) is 38.3 Å². The van der Waals surface area contributed by atoms with Gasteiger partial charge in [-0.2, -0.15) is 0 Å². The minimum absolute atomic E-state index is 0.117. The van der Waals surface area contributed by atoms with E-state index in [0.717, 1.165) is 25.1 Å². The summed E-state index contributed by atoms with van der Waals surface area (Å²) < 4.78 is 0.575. The van der Waals surface area contributed by atoms with E-state index >= 15 is 0 Å². The quantitative estimate of drug-likeness (QED) is 0.683. The lowest BCUT2D eigenvalue weighted by atomic mass is 10.2. The Bertz CT molecular complexity index is 439. The molecule has 6 heteroatoms.